The summed E-state index contributed by atoms with van der Waals surface area (Å²) in [5, 5.41) is 3.06. The second kappa shape index (κ2) is 6.12. The molecule has 2 aromatic rings. The van der Waals surface area contributed by atoms with E-state index < -0.39 is 0 Å². The Labute approximate surface area is 125 Å². The molecule has 1 fully saturated rings. The fourth-order valence-electron chi connectivity index (χ4n) is 2.94. The van der Waals surface area contributed by atoms with Crippen LogP contribution < -0.4 is 5.32 Å². The smallest absolute Gasteiger partial charge is 0.227 e. The predicted molar refractivity (Wildman–Crippen MR) is 84.0 cm³/mol. The molecule has 0 spiro atoms. The van der Waals surface area contributed by atoms with E-state index in [-0.39, 0.29) is 11.8 Å². The first kappa shape index (κ1) is 13.9. The van der Waals surface area contributed by atoms with Crippen LogP contribution in [-0.4, -0.2) is 15.9 Å². The van der Waals surface area contributed by atoms with E-state index in [1.807, 2.05) is 37.4 Å². The molecule has 0 radical (unpaired) electrons. The Hall–Kier alpha value is -2.10. The molecule has 4 nitrogen and oxygen atoms in total. The van der Waals surface area contributed by atoms with Gasteiger partial charge in [0.1, 0.15) is 5.82 Å². The van der Waals surface area contributed by atoms with E-state index in [1.165, 1.54) is 19.3 Å². The van der Waals surface area contributed by atoms with E-state index in [0.717, 1.165) is 35.6 Å². The second-order valence-corrected chi connectivity index (χ2v) is 5.79. The van der Waals surface area contributed by atoms with Gasteiger partial charge in [-0.05, 0) is 31.9 Å². The molecule has 1 saturated carbocycles. The van der Waals surface area contributed by atoms with Crippen LogP contribution in [0.3, 0.4) is 0 Å². The van der Waals surface area contributed by atoms with Gasteiger partial charge in [-0.1, -0.05) is 31.4 Å². The average molecular weight is 283 g/mol. The molecule has 1 amide bonds. The summed E-state index contributed by atoms with van der Waals surface area (Å²) in [4.78, 5) is 19.7. The fourth-order valence-corrected chi connectivity index (χ4v) is 2.94. The Kier molecular flexibility index (Phi) is 4.04. The SMILES string of the molecule is Cc1ncc(-c2cccc(NC(=O)C3CCCCC3)c2)[nH]1. The normalized spacial score (nSPS) is 15.9. The second-order valence-electron chi connectivity index (χ2n) is 5.79. The number of amides is 1. The molecule has 0 unspecified atom stereocenters. The van der Waals surface area contributed by atoms with Crippen LogP contribution in [0.1, 0.15) is 37.9 Å². The molecular weight excluding hydrogens is 262 g/mol. The van der Waals surface area contributed by atoms with Gasteiger partial charge in [0.05, 0.1) is 11.9 Å². The van der Waals surface area contributed by atoms with Gasteiger partial charge in [0.15, 0.2) is 0 Å². The number of imidazole rings is 1. The van der Waals surface area contributed by atoms with Crippen LogP contribution in [0, 0.1) is 12.8 Å². The summed E-state index contributed by atoms with van der Waals surface area (Å²) in [5.41, 5.74) is 2.87. The number of carbonyl (C=O) groups excluding carboxylic acids is 1. The first-order valence-corrected chi connectivity index (χ1v) is 7.65. The monoisotopic (exact) mass is 283 g/mol. The molecule has 1 aromatic carbocycles. The topological polar surface area (TPSA) is 57.8 Å². The van der Waals surface area contributed by atoms with Gasteiger partial charge in [0.2, 0.25) is 5.91 Å². The van der Waals surface area contributed by atoms with Crippen molar-refractivity contribution in [2.45, 2.75) is 39.0 Å². The third-order valence-electron chi connectivity index (χ3n) is 4.12. The van der Waals surface area contributed by atoms with E-state index in [2.05, 4.69) is 15.3 Å². The highest BCUT2D eigenvalue weighted by Gasteiger charge is 2.21. The molecule has 1 heterocycles. The summed E-state index contributed by atoms with van der Waals surface area (Å²) in [7, 11) is 0. The van der Waals surface area contributed by atoms with E-state index in [4.69, 9.17) is 0 Å². The number of nitrogens with zero attached hydrogens (tertiary/aromatic N) is 1. The van der Waals surface area contributed by atoms with Crippen molar-refractivity contribution in [3.63, 3.8) is 0 Å². The number of hydrogen-bond donors (Lipinski definition) is 2. The summed E-state index contributed by atoms with van der Waals surface area (Å²) in [5.74, 6) is 1.23. The molecule has 0 aliphatic heterocycles. The lowest BCUT2D eigenvalue weighted by Crippen LogP contribution is -2.24. The maximum absolute atomic E-state index is 12.3. The zero-order valence-electron chi connectivity index (χ0n) is 12.4. The molecule has 0 atom stereocenters. The van der Waals surface area contributed by atoms with Crippen LogP contribution in [0.25, 0.3) is 11.3 Å². The van der Waals surface area contributed by atoms with Crippen LogP contribution in [0.5, 0.6) is 0 Å². The van der Waals surface area contributed by atoms with Crippen LogP contribution in [0.15, 0.2) is 30.5 Å². The van der Waals surface area contributed by atoms with Crippen molar-refractivity contribution < 1.29 is 4.79 Å². The molecule has 1 aliphatic rings. The first-order valence-electron chi connectivity index (χ1n) is 7.65. The highest BCUT2D eigenvalue weighted by molar-refractivity contribution is 5.93. The van der Waals surface area contributed by atoms with Crippen LogP contribution in [0.2, 0.25) is 0 Å². The van der Waals surface area contributed by atoms with Gasteiger partial charge in [0, 0.05) is 17.2 Å². The Morgan fingerprint density at radius 1 is 1.29 bits per heavy atom. The molecule has 3 rings (SSSR count). The molecular formula is C17H21N3O. The Morgan fingerprint density at radius 3 is 2.81 bits per heavy atom. The lowest BCUT2D eigenvalue weighted by Gasteiger charge is -2.20. The summed E-state index contributed by atoms with van der Waals surface area (Å²) in [6.45, 7) is 1.93. The molecule has 110 valence electrons. The third-order valence-corrected chi connectivity index (χ3v) is 4.12. The van der Waals surface area contributed by atoms with E-state index in [1.54, 1.807) is 0 Å². The van der Waals surface area contributed by atoms with Crippen molar-refractivity contribution in [3.8, 4) is 11.3 Å². The van der Waals surface area contributed by atoms with Crippen LogP contribution >= 0.6 is 0 Å². The molecule has 1 aromatic heterocycles. The van der Waals surface area contributed by atoms with Crippen molar-refractivity contribution in [2.75, 3.05) is 5.32 Å². The van der Waals surface area contributed by atoms with Crippen LogP contribution in [-0.2, 0) is 4.79 Å². The van der Waals surface area contributed by atoms with Gasteiger partial charge in [-0.15, -0.1) is 0 Å². The quantitative estimate of drug-likeness (QED) is 0.897. The molecule has 2 N–H and O–H groups in total. The van der Waals surface area contributed by atoms with Crippen LogP contribution in [0.4, 0.5) is 5.69 Å². The van der Waals surface area contributed by atoms with E-state index in [9.17, 15) is 4.79 Å². The maximum atomic E-state index is 12.3. The molecule has 0 saturated heterocycles. The number of nitrogens with one attached hydrogen (secondary N) is 2. The number of anilines is 1. The number of H-pyrrole nitrogens is 1. The van der Waals surface area contributed by atoms with Gasteiger partial charge in [-0.25, -0.2) is 4.98 Å². The summed E-state index contributed by atoms with van der Waals surface area (Å²) >= 11 is 0. The Morgan fingerprint density at radius 2 is 2.10 bits per heavy atom. The fraction of sp³-hybridized carbons (Fsp3) is 0.412. The number of hydrogen-bond acceptors (Lipinski definition) is 2. The highest BCUT2D eigenvalue weighted by atomic mass is 16.1. The van der Waals surface area contributed by atoms with E-state index in [0.29, 0.717) is 0 Å². The number of carbonyl (C=O) groups is 1. The lowest BCUT2D eigenvalue weighted by atomic mass is 9.88. The van der Waals surface area contributed by atoms with Gasteiger partial charge >= 0.3 is 0 Å². The van der Waals surface area contributed by atoms with Gasteiger partial charge in [-0.3, -0.25) is 4.79 Å². The van der Waals surface area contributed by atoms with Crippen molar-refractivity contribution >= 4 is 11.6 Å². The molecule has 1 aliphatic carbocycles. The molecule has 21 heavy (non-hydrogen) atoms. The molecule has 4 heteroatoms. The minimum absolute atomic E-state index is 0.160. The van der Waals surface area contributed by atoms with Crippen molar-refractivity contribution in [2.24, 2.45) is 5.92 Å². The third kappa shape index (κ3) is 3.32. The highest BCUT2D eigenvalue weighted by Crippen LogP contribution is 2.26. The minimum Gasteiger partial charge on any atom is -0.342 e. The lowest BCUT2D eigenvalue weighted by molar-refractivity contribution is -0.120. The maximum Gasteiger partial charge on any atom is 0.227 e. The van der Waals surface area contributed by atoms with Gasteiger partial charge in [-0.2, -0.15) is 0 Å². The summed E-state index contributed by atoms with van der Waals surface area (Å²) in [6, 6.07) is 7.91. The summed E-state index contributed by atoms with van der Waals surface area (Å²) < 4.78 is 0. The van der Waals surface area contributed by atoms with Crippen molar-refractivity contribution in [3.05, 3.63) is 36.3 Å². The van der Waals surface area contributed by atoms with Crippen molar-refractivity contribution in [1.82, 2.24) is 9.97 Å². The van der Waals surface area contributed by atoms with Gasteiger partial charge in [0.25, 0.3) is 0 Å². The standard InChI is InChI=1S/C17H21N3O/c1-12-18-11-16(19-12)14-8-5-9-15(10-14)20-17(21)13-6-3-2-4-7-13/h5,8-11,13H,2-4,6-7H2,1H3,(H,18,19)(H,20,21). The summed E-state index contributed by atoms with van der Waals surface area (Å²) in [6.07, 6.45) is 7.46. The van der Waals surface area contributed by atoms with E-state index >= 15 is 0 Å². The number of rotatable bonds is 3. The largest absolute Gasteiger partial charge is 0.342 e. The van der Waals surface area contributed by atoms with Gasteiger partial charge < -0.3 is 10.3 Å². The number of benzene rings is 1. The first-order chi connectivity index (χ1) is 10.2. The molecule has 0 bridgehead atoms. The zero-order chi connectivity index (χ0) is 14.7. The van der Waals surface area contributed by atoms with Crippen molar-refractivity contribution in [1.29, 1.82) is 0 Å². The Balaban J connectivity index is 1.72. The predicted octanol–water partition coefficient (Wildman–Crippen LogP) is 3.90. The average Bonchev–Trinajstić information content (AvgIpc) is 2.95. The zero-order valence-corrected chi connectivity index (χ0v) is 12.4. The number of aromatic amines is 1. The minimum atomic E-state index is 0.160. The number of aromatic nitrogens is 2. The number of aryl methyl sites for hydroxylation is 1. The Bertz CT molecular complexity index is 626.